The van der Waals surface area contributed by atoms with Crippen LogP contribution in [0.5, 0.6) is 11.5 Å². The van der Waals surface area contributed by atoms with E-state index in [1.807, 2.05) is 6.92 Å². The van der Waals surface area contributed by atoms with E-state index in [4.69, 9.17) is 48.7 Å². The number of nitrogens with one attached hydrogen (secondary N) is 1. The maximum absolute atomic E-state index is 16.8. The second-order valence-electron chi connectivity index (χ2n) is 16.1. The number of imidazole rings is 2. The highest BCUT2D eigenvalue weighted by molar-refractivity contribution is 8.54. The Labute approximate surface area is 398 Å². The van der Waals surface area contributed by atoms with Crippen molar-refractivity contribution in [3.63, 3.8) is 0 Å². The van der Waals surface area contributed by atoms with Gasteiger partial charge in [0.15, 0.2) is 47.4 Å². The van der Waals surface area contributed by atoms with Gasteiger partial charge in [0.2, 0.25) is 5.95 Å². The van der Waals surface area contributed by atoms with Crippen LogP contribution in [0.15, 0.2) is 72.3 Å². The third-order valence-electron chi connectivity index (χ3n) is 11.3. The Bertz CT molecular complexity index is 3040. The van der Waals surface area contributed by atoms with E-state index in [9.17, 15) is 23.8 Å². The number of carbonyl (C=O) groups is 2. The lowest BCUT2D eigenvalue weighted by Gasteiger charge is -2.28. The van der Waals surface area contributed by atoms with Crippen LogP contribution in [0.2, 0.25) is 0 Å². The minimum Gasteiger partial charge on any atom is -0.427 e. The molecule has 0 amide bonds. The number of halogens is 2. The van der Waals surface area contributed by atoms with Gasteiger partial charge >= 0.3 is 26.3 Å². The third-order valence-corrected chi connectivity index (χ3v) is 15.9. The second kappa shape index (κ2) is 20.5. The van der Waals surface area contributed by atoms with Gasteiger partial charge in [0, 0.05) is 12.2 Å². The highest BCUT2D eigenvalue weighted by atomic mass is 32.7. The molecule has 3 saturated heterocycles. The molecule has 3 aliphatic rings. The summed E-state index contributed by atoms with van der Waals surface area (Å²) >= 11 is 0.602. The summed E-state index contributed by atoms with van der Waals surface area (Å²) in [6.07, 6.45) is -9.03. The van der Waals surface area contributed by atoms with E-state index in [2.05, 4.69) is 29.9 Å². The first-order chi connectivity index (χ1) is 33.6. The highest BCUT2D eigenvalue weighted by Gasteiger charge is 2.54. The predicted octanol–water partition coefficient (Wildman–Crippen LogP) is 5.30. The van der Waals surface area contributed by atoms with E-state index in [-0.39, 0.29) is 69.3 Å². The van der Waals surface area contributed by atoms with Gasteiger partial charge in [-0.3, -0.25) is 37.3 Å². The number of hydrogen-bond donors (Lipinski definition) is 4. The quantitative estimate of drug-likeness (QED) is 0.0523. The van der Waals surface area contributed by atoms with Crippen molar-refractivity contribution in [2.75, 3.05) is 31.0 Å². The molecule has 3 aliphatic heterocycles. The van der Waals surface area contributed by atoms with Gasteiger partial charge in [-0.15, -0.1) is 0 Å². The zero-order chi connectivity index (χ0) is 49.3. The highest BCUT2D eigenvalue weighted by Crippen LogP contribution is 2.65. The molecule has 2 unspecified atom stereocenters. The number of benzene rings is 2. The Morgan fingerprint density at radius 3 is 2.30 bits per heavy atom. The number of H-pyrrole nitrogens is 1. The van der Waals surface area contributed by atoms with E-state index >= 15 is 13.3 Å². The number of hydrogen-bond acceptors (Lipinski definition) is 21. The topological polar surface area (TPSA) is 322 Å². The van der Waals surface area contributed by atoms with Crippen LogP contribution >= 0.6 is 25.8 Å². The Balaban J connectivity index is 0.969. The number of aromatic amines is 1. The van der Waals surface area contributed by atoms with Crippen LogP contribution in [0, 0.1) is 0 Å². The van der Waals surface area contributed by atoms with Gasteiger partial charge in [-0.05, 0) is 59.8 Å². The second-order valence-corrected chi connectivity index (χ2v) is 22.0. The summed E-state index contributed by atoms with van der Waals surface area (Å²) in [6.45, 7) is -4.32. The van der Waals surface area contributed by atoms with Gasteiger partial charge in [-0.25, -0.2) is 38.1 Å². The number of rotatable bonds is 12. The zero-order valence-corrected chi connectivity index (χ0v) is 39.3. The molecule has 372 valence electrons. The minimum atomic E-state index is -4.79. The molecule has 2 bridgehead atoms. The molecule has 0 aliphatic carbocycles. The Kier molecular flexibility index (Phi) is 14.5. The Hall–Kier alpha value is -5.73. The summed E-state index contributed by atoms with van der Waals surface area (Å²) in [5, 5.41) is 0. The number of aromatic nitrogens is 8. The number of fused-ring (bicyclic) bond motifs is 5. The van der Waals surface area contributed by atoms with E-state index in [0.717, 1.165) is 30.1 Å². The molecule has 6 aromatic rings. The van der Waals surface area contributed by atoms with Crippen molar-refractivity contribution in [1.82, 2.24) is 39.0 Å². The summed E-state index contributed by atoms with van der Waals surface area (Å²) in [5.74, 6) is -1.11. The van der Waals surface area contributed by atoms with Gasteiger partial charge < -0.3 is 44.6 Å². The fourth-order valence-corrected chi connectivity index (χ4v) is 11.9. The standard InChI is InChI=1S/C41H44F2N10O14P2S/c1-2-3-4-5-27(54)63-23-12-8-22(9-13-23)40(56)64-24-10-6-21(7-11-24)16-70-69(59)62-15-26-32(29(43)38(66-26)52-18-48-30-34(44)46-17-47-35(30)52)60-20-68(57,58)61-14-25-28(42)33(67-69)39(65-25)53-19-49-31-36(53)50-41(45)51-37(31)55/h6-13,17-19,25-26,28-29,32-33,38-39H,2-5,14-16,20H2,1H3,(H,57,58)(H2,44,46,47)(H3,45,50,51,55)/t25-,26-,28-,29-,32-,33-,38-,39-,69?/m1/s1. The van der Waals surface area contributed by atoms with Crippen LogP contribution in [0.3, 0.4) is 0 Å². The normalized spacial score (nSPS) is 28.3. The van der Waals surface area contributed by atoms with Crippen molar-refractivity contribution in [3.05, 3.63) is 89.0 Å². The summed E-state index contributed by atoms with van der Waals surface area (Å²) in [4.78, 5) is 71.3. The maximum Gasteiger partial charge on any atom is 0.390 e. The average Bonchev–Trinajstić information content (AvgIpc) is 4.11. The molecule has 6 N–H and O–H groups in total. The number of anilines is 2. The monoisotopic (exact) mass is 1030 g/mol. The van der Waals surface area contributed by atoms with E-state index < -0.39 is 94.7 Å². The fraction of sp³-hybridized carbons (Fsp3) is 0.415. The summed E-state index contributed by atoms with van der Waals surface area (Å²) in [6, 6.07) is 12.0. The Morgan fingerprint density at radius 2 is 1.54 bits per heavy atom. The number of nitrogen functional groups attached to an aromatic ring is 2. The first-order valence-electron chi connectivity index (χ1n) is 21.6. The van der Waals surface area contributed by atoms with Crippen molar-refractivity contribution in [3.8, 4) is 11.5 Å². The number of carbonyl (C=O) groups excluding carboxylic acids is 2. The van der Waals surface area contributed by atoms with Crippen LogP contribution < -0.4 is 26.5 Å². The smallest absolute Gasteiger partial charge is 0.390 e. The van der Waals surface area contributed by atoms with Crippen molar-refractivity contribution in [2.24, 2.45) is 0 Å². The summed E-state index contributed by atoms with van der Waals surface area (Å²) in [5.41, 5.74) is 11.5. The molecule has 10 atom stereocenters. The summed E-state index contributed by atoms with van der Waals surface area (Å²) in [7, 11) is -4.79. The maximum atomic E-state index is 16.8. The van der Waals surface area contributed by atoms with Crippen LogP contribution in [-0.2, 0) is 47.5 Å². The molecule has 24 nitrogen and oxygen atoms in total. The zero-order valence-electron chi connectivity index (χ0n) is 36.7. The molecular weight excluding hydrogens is 989 g/mol. The molecule has 70 heavy (non-hydrogen) atoms. The van der Waals surface area contributed by atoms with Crippen molar-refractivity contribution in [1.29, 1.82) is 0 Å². The van der Waals surface area contributed by atoms with Gasteiger partial charge in [0.1, 0.15) is 54.1 Å². The first kappa shape index (κ1) is 49.3. The van der Waals surface area contributed by atoms with Crippen LogP contribution in [-0.4, -0.2) is 112 Å². The molecule has 0 spiro atoms. The lowest BCUT2D eigenvalue weighted by Crippen LogP contribution is -2.36. The van der Waals surface area contributed by atoms with Crippen LogP contribution in [0.4, 0.5) is 20.5 Å². The minimum absolute atomic E-state index is 0.00226. The van der Waals surface area contributed by atoms with Gasteiger partial charge in [0.25, 0.3) is 5.56 Å². The number of alkyl halides is 2. The molecule has 29 heteroatoms. The molecule has 0 saturated carbocycles. The third kappa shape index (κ3) is 10.6. The molecule has 4 aromatic heterocycles. The molecular formula is C41H44F2N10O14P2S. The average molecular weight is 1030 g/mol. The van der Waals surface area contributed by atoms with Gasteiger partial charge in [-0.1, -0.05) is 31.9 Å². The van der Waals surface area contributed by atoms with Crippen molar-refractivity contribution in [2.45, 2.75) is 87.6 Å². The molecule has 9 rings (SSSR count). The molecule has 7 heterocycles. The molecule has 3 fully saturated rings. The van der Waals surface area contributed by atoms with E-state index in [0.29, 0.717) is 23.4 Å². The fourth-order valence-electron chi connectivity index (χ4n) is 7.76. The first-order valence-corrected chi connectivity index (χ1v) is 26.5. The number of unbranched alkanes of at least 4 members (excludes halogenated alkanes) is 2. The number of nitrogens with two attached hydrogens (primary N) is 2. The van der Waals surface area contributed by atoms with Gasteiger partial charge in [0.05, 0.1) is 31.4 Å². The SMILES string of the molecule is CCCCCC(=O)Oc1ccc(C(=O)Oc2ccc(CSP3(=O)OC[C@H]4O[C@@H](n5cnc6c(N)ncnc65)[C@H](F)[C@@H]4OCP(=O)(O)OC[C@H]4O[C@@H](n5cnc6c(=O)[nH]c(N)nc65)[C@H](O3)[C@@H]4F)cc2)cc1. The van der Waals surface area contributed by atoms with Crippen molar-refractivity contribution >= 4 is 71.8 Å². The summed E-state index contributed by atoms with van der Waals surface area (Å²) < 4.78 is 110. The number of ether oxygens (including phenoxy) is 5. The predicted molar refractivity (Wildman–Crippen MR) is 243 cm³/mol. The number of nitrogens with zero attached hydrogens (tertiary/aromatic N) is 7. The number of esters is 2. The Morgan fingerprint density at radius 1 is 0.857 bits per heavy atom. The van der Waals surface area contributed by atoms with E-state index in [1.165, 1.54) is 47.3 Å². The van der Waals surface area contributed by atoms with E-state index in [1.54, 1.807) is 12.1 Å². The van der Waals surface area contributed by atoms with Crippen LogP contribution in [0.25, 0.3) is 22.3 Å². The van der Waals surface area contributed by atoms with Crippen molar-refractivity contribution < 1.29 is 69.6 Å². The van der Waals surface area contributed by atoms with Gasteiger partial charge in [-0.2, -0.15) is 4.98 Å². The lowest BCUT2D eigenvalue weighted by molar-refractivity contribution is -0.134. The molecule has 0 radical (unpaired) electrons. The van der Waals surface area contributed by atoms with Crippen LogP contribution in [0.1, 0.15) is 61.0 Å². The largest absolute Gasteiger partial charge is 0.427 e. The lowest BCUT2D eigenvalue weighted by atomic mass is 10.1. The molecule has 2 aromatic carbocycles.